The van der Waals surface area contributed by atoms with Crippen LogP contribution in [0.15, 0.2) is 9.85 Å². The number of carbonyl (C=O) groups excluding carboxylic acids is 1. The second-order valence-electron chi connectivity index (χ2n) is 3.10. The van der Waals surface area contributed by atoms with Crippen molar-refractivity contribution in [2.45, 2.75) is 19.9 Å². The summed E-state index contributed by atoms with van der Waals surface area (Å²) in [4.78, 5) is 12.3. The molecule has 0 aromatic carbocycles. The summed E-state index contributed by atoms with van der Waals surface area (Å²) in [5, 5.41) is 2.81. The molecular weight excluding hydrogens is 286 g/mol. The summed E-state index contributed by atoms with van der Waals surface area (Å²) in [7, 11) is 0. The van der Waals surface area contributed by atoms with Crippen molar-refractivity contribution < 1.29 is 4.79 Å². The van der Waals surface area contributed by atoms with Crippen LogP contribution in [0.4, 0.5) is 0 Å². The molecule has 0 aliphatic rings. The highest BCUT2D eigenvalue weighted by Gasteiger charge is 2.12. The Morgan fingerprint density at radius 1 is 1.79 bits per heavy atom. The quantitative estimate of drug-likeness (QED) is 0.853. The van der Waals surface area contributed by atoms with Crippen LogP contribution in [0.5, 0.6) is 0 Å². The molecule has 5 heteroatoms. The van der Waals surface area contributed by atoms with Crippen molar-refractivity contribution in [1.29, 1.82) is 0 Å². The van der Waals surface area contributed by atoms with Crippen molar-refractivity contribution in [2.75, 3.05) is 5.88 Å². The zero-order valence-electron chi connectivity index (χ0n) is 7.93. The number of aryl methyl sites for hydroxylation is 1. The highest BCUT2D eigenvalue weighted by molar-refractivity contribution is 9.11. The number of hydrogen-bond acceptors (Lipinski definition) is 2. The van der Waals surface area contributed by atoms with Gasteiger partial charge in [-0.05, 0) is 41.4 Å². The third kappa shape index (κ3) is 2.97. The maximum Gasteiger partial charge on any atom is 0.261 e. The van der Waals surface area contributed by atoms with E-state index in [4.69, 9.17) is 11.6 Å². The van der Waals surface area contributed by atoms with Crippen LogP contribution in [0.2, 0.25) is 0 Å². The van der Waals surface area contributed by atoms with Crippen LogP contribution in [0.25, 0.3) is 0 Å². The number of halogens is 2. The summed E-state index contributed by atoms with van der Waals surface area (Å²) < 4.78 is 1.00. The molecule has 1 rings (SSSR count). The predicted molar refractivity (Wildman–Crippen MR) is 64.4 cm³/mol. The van der Waals surface area contributed by atoms with Crippen molar-refractivity contribution in [3.63, 3.8) is 0 Å². The maximum atomic E-state index is 11.6. The molecule has 2 nitrogen and oxygen atoms in total. The third-order valence-corrected chi connectivity index (χ3v) is 4.29. The minimum atomic E-state index is -0.0584. The van der Waals surface area contributed by atoms with Crippen molar-refractivity contribution in [2.24, 2.45) is 0 Å². The van der Waals surface area contributed by atoms with Gasteiger partial charge in [-0.2, -0.15) is 0 Å². The summed E-state index contributed by atoms with van der Waals surface area (Å²) in [5.74, 6) is 0.369. The lowest BCUT2D eigenvalue weighted by Crippen LogP contribution is -2.33. The Kier molecular flexibility index (Phi) is 4.41. The summed E-state index contributed by atoms with van der Waals surface area (Å²) in [6, 6.07) is 1.87. The van der Waals surface area contributed by atoms with Gasteiger partial charge in [-0.25, -0.2) is 0 Å². The highest BCUT2D eigenvalue weighted by Crippen LogP contribution is 2.27. The zero-order valence-corrected chi connectivity index (χ0v) is 11.1. The first-order valence-corrected chi connectivity index (χ1v) is 6.31. The molecule has 0 saturated carbocycles. The minimum absolute atomic E-state index is 0.00495. The molecule has 78 valence electrons. The SMILES string of the molecule is Cc1cc(C(=O)NC(C)CCl)sc1Br. The molecule has 0 bridgehead atoms. The van der Waals surface area contributed by atoms with Crippen molar-refractivity contribution in [3.05, 3.63) is 20.3 Å². The number of thiophene rings is 1. The summed E-state index contributed by atoms with van der Waals surface area (Å²) in [5.41, 5.74) is 1.08. The molecule has 0 aliphatic carbocycles. The molecule has 0 saturated heterocycles. The smallest absolute Gasteiger partial charge is 0.261 e. The number of rotatable bonds is 3. The first-order chi connectivity index (χ1) is 6.54. The Morgan fingerprint density at radius 2 is 2.43 bits per heavy atom. The first kappa shape index (κ1) is 12.0. The first-order valence-electron chi connectivity index (χ1n) is 4.17. The second kappa shape index (κ2) is 5.14. The normalized spacial score (nSPS) is 12.6. The van der Waals surface area contributed by atoms with Gasteiger partial charge in [-0.1, -0.05) is 0 Å². The Hall–Kier alpha value is -0.0600. The van der Waals surface area contributed by atoms with E-state index in [0.29, 0.717) is 10.8 Å². The average Bonchev–Trinajstić information content (AvgIpc) is 2.47. The van der Waals surface area contributed by atoms with Crippen LogP contribution < -0.4 is 5.32 Å². The second-order valence-corrected chi connectivity index (χ2v) is 5.77. The average molecular weight is 297 g/mol. The van der Waals surface area contributed by atoms with E-state index in [-0.39, 0.29) is 11.9 Å². The van der Waals surface area contributed by atoms with Crippen LogP contribution in [0, 0.1) is 6.92 Å². The minimum Gasteiger partial charge on any atom is -0.348 e. The standard InChI is InChI=1S/C9H11BrClNOS/c1-5-3-7(14-8(5)10)9(13)12-6(2)4-11/h3,6H,4H2,1-2H3,(H,12,13). The number of alkyl halides is 1. The molecule has 1 atom stereocenters. The number of hydrogen-bond donors (Lipinski definition) is 1. The largest absolute Gasteiger partial charge is 0.348 e. The van der Waals surface area contributed by atoms with Crippen LogP contribution in [-0.2, 0) is 0 Å². The summed E-state index contributed by atoms with van der Waals surface area (Å²) in [6.45, 7) is 3.84. The van der Waals surface area contributed by atoms with Crippen molar-refractivity contribution >= 4 is 44.8 Å². The summed E-state index contributed by atoms with van der Waals surface area (Å²) in [6.07, 6.45) is 0. The van der Waals surface area contributed by atoms with Gasteiger partial charge in [0, 0.05) is 11.9 Å². The molecule has 0 spiro atoms. The lowest BCUT2D eigenvalue weighted by Gasteiger charge is -2.08. The van der Waals surface area contributed by atoms with Gasteiger partial charge in [0.2, 0.25) is 0 Å². The molecule has 0 radical (unpaired) electrons. The predicted octanol–water partition coefficient (Wildman–Crippen LogP) is 3.18. The number of carbonyl (C=O) groups is 1. The van der Waals surface area contributed by atoms with Crippen LogP contribution in [0.3, 0.4) is 0 Å². The number of nitrogens with one attached hydrogen (secondary N) is 1. The van der Waals surface area contributed by atoms with Gasteiger partial charge in [0.25, 0.3) is 5.91 Å². The third-order valence-electron chi connectivity index (χ3n) is 1.69. The highest BCUT2D eigenvalue weighted by atomic mass is 79.9. The fraction of sp³-hybridized carbons (Fsp3) is 0.444. The topological polar surface area (TPSA) is 29.1 Å². The maximum absolute atomic E-state index is 11.6. The van der Waals surface area contributed by atoms with Gasteiger partial charge in [0.05, 0.1) is 8.66 Å². The Morgan fingerprint density at radius 3 is 2.86 bits per heavy atom. The molecule has 1 aromatic heterocycles. The van der Waals surface area contributed by atoms with Gasteiger partial charge in [0.15, 0.2) is 0 Å². The molecular formula is C9H11BrClNOS. The fourth-order valence-corrected chi connectivity index (χ4v) is 2.42. The van der Waals surface area contributed by atoms with E-state index in [1.54, 1.807) is 0 Å². The fourth-order valence-electron chi connectivity index (χ4n) is 0.905. The molecule has 0 fully saturated rings. The van der Waals surface area contributed by atoms with Crippen LogP contribution >= 0.6 is 38.9 Å². The number of amides is 1. The Labute approximate surface area is 101 Å². The molecule has 1 amide bonds. The van der Waals surface area contributed by atoms with E-state index in [0.717, 1.165) is 9.35 Å². The van der Waals surface area contributed by atoms with E-state index in [1.165, 1.54) is 11.3 Å². The molecule has 14 heavy (non-hydrogen) atoms. The van der Waals surface area contributed by atoms with E-state index < -0.39 is 0 Å². The molecule has 1 unspecified atom stereocenters. The molecule has 1 heterocycles. The van der Waals surface area contributed by atoms with Gasteiger partial charge >= 0.3 is 0 Å². The van der Waals surface area contributed by atoms with Crippen LogP contribution in [0.1, 0.15) is 22.2 Å². The van der Waals surface area contributed by atoms with Gasteiger partial charge in [0.1, 0.15) is 0 Å². The van der Waals surface area contributed by atoms with Gasteiger partial charge < -0.3 is 5.32 Å². The van der Waals surface area contributed by atoms with Gasteiger partial charge in [-0.15, -0.1) is 22.9 Å². The van der Waals surface area contributed by atoms with E-state index in [1.807, 2.05) is 19.9 Å². The van der Waals surface area contributed by atoms with Crippen LogP contribution in [-0.4, -0.2) is 17.8 Å². The lowest BCUT2D eigenvalue weighted by atomic mass is 10.3. The van der Waals surface area contributed by atoms with Crippen molar-refractivity contribution in [3.8, 4) is 0 Å². The lowest BCUT2D eigenvalue weighted by molar-refractivity contribution is 0.0947. The molecule has 1 aromatic rings. The molecule has 1 N–H and O–H groups in total. The van der Waals surface area contributed by atoms with Gasteiger partial charge in [-0.3, -0.25) is 4.79 Å². The monoisotopic (exact) mass is 295 g/mol. The van der Waals surface area contributed by atoms with E-state index in [9.17, 15) is 4.79 Å². The zero-order chi connectivity index (χ0) is 10.7. The Balaban J connectivity index is 2.70. The Bertz CT molecular complexity index is 320. The molecule has 0 aliphatic heterocycles. The van der Waals surface area contributed by atoms with Crippen molar-refractivity contribution in [1.82, 2.24) is 5.32 Å². The summed E-state index contributed by atoms with van der Waals surface area (Å²) >= 11 is 10.4. The van der Waals surface area contributed by atoms with E-state index in [2.05, 4.69) is 21.2 Å². The van der Waals surface area contributed by atoms with E-state index >= 15 is 0 Å².